The lowest BCUT2D eigenvalue weighted by atomic mass is 10.2. The molecule has 0 aromatic rings. The first-order valence-corrected chi connectivity index (χ1v) is 6.58. The Bertz CT molecular complexity index is 274. The molecule has 14 heavy (non-hydrogen) atoms. The third-order valence-corrected chi connectivity index (χ3v) is 2.70. The highest BCUT2D eigenvalue weighted by atomic mass is 32.2. The second kappa shape index (κ2) is 4.59. The highest BCUT2D eigenvalue weighted by Crippen LogP contribution is 2.16. The summed E-state index contributed by atoms with van der Waals surface area (Å²) in [5.41, 5.74) is 0. The second-order valence-corrected chi connectivity index (χ2v) is 5.75. The maximum atomic E-state index is 10.9. The quantitative estimate of drug-likeness (QED) is 0.653. The van der Waals surface area contributed by atoms with E-state index in [1.165, 1.54) is 5.92 Å². The predicted octanol–water partition coefficient (Wildman–Crippen LogP) is 0.651. The Labute approximate surface area is 86.4 Å². The van der Waals surface area contributed by atoms with E-state index in [2.05, 4.69) is 18.7 Å². The van der Waals surface area contributed by atoms with Crippen LogP contribution in [0.1, 0.15) is 20.3 Å². The normalized spacial score (nSPS) is 24.7. The summed E-state index contributed by atoms with van der Waals surface area (Å²) < 4.78 is 26.7. The Morgan fingerprint density at radius 3 is 2.64 bits per heavy atom. The Morgan fingerprint density at radius 2 is 2.14 bits per heavy atom. The van der Waals surface area contributed by atoms with Crippen molar-refractivity contribution in [3.63, 3.8) is 0 Å². The summed E-state index contributed by atoms with van der Waals surface area (Å²) in [6.45, 7) is 6.72. The zero-order valence-electron chi connectivity index (χ0n) is 8.99. The molecular weight excluding hydrogens is 202 g/mol. The highest BCUT2D eigenvalue weighted by molar-refractivity contribution is 7.86. The van der Waals surface area contributed by atoms with Crippen LogP contribution in [0.4, 0.5) is 0 Å². The van der Waals surface area contributed by atoms with Crippen LogP contribution < -0.4 is 0 Å². The van der Waals surface area contributed by atoms with Gasteiger partial charge in [-0.15, -0.1) is 0 Å². The van der Waals surface area contributed by atoms with Crippen LogP contribution in [-0.2, 0) is 14.3 Å². The largest absolute Gasteiger partial charge is 0.300 e. The number of nitrogens with zero attached hydrogens (tertiary/aromatic N) is 1. The third kappa shape index (κ3) is 4.39. The van der Waals surface area contributed by atoms with Crippen molar-refractivity contribution in [2.45, 2.75) is 26.4 Å². The molecule has 0 amide bonds. The van der Waals surface area contributed by atoms with Gasteiger partial charge < -0.3 is 4.90 Å². The predicted molar refractivity (Wildman–Crippen MR) is 55.4 cm³/mol. The summed E-state index contributed by atoms with van der Waals surface area (Å²) in [5.74, 6) is 1.34. The van der Waals surface area contributed by atoms with Crippen LogP contribution in [0.3, 0.4) is 0 Å². The molecule has 1 rings (SSSR count). The van der Waals surface area contributed by atoms with E-state index in [4.69, 9.17) is 4.18 Å². The molecule has 1 unspecified atom stereocenters. The standard InChI is InChI=1S/C9H18NO3S/c1-8(2)6-10-5-4-9(7-10)13-14(3,11)12/h9H,4-7H2,1-3H3. The van der Waals surface area contributed by atoms with Gasteiger partial charge >= 0.3 is 0 Å². The van der Waals surface area contributed by atoms with Crippen LogP contribution in [-0.4, -0.2) is 45.3 Å². The molecule has 1 saturated heterocycles. The van der Waals surface area contributed by atoms with Crippen molar-refractivity contribution >= 4 is 10.1 Å². The van der Waals surface area contributed by atoms with E-state index in [1.807, 2.05) is 0 Å². The monoisotopic (exact) mass is 220 g/mol. The van der Waals surface area contributed by atoms with Gasteiger partial charge in [0.15, 0.2) is 0 Å². The second-order valence-electron chi connectivity index (χ2n) is 4.15. The molecule has 4 nitrogen and oxygen atoms in total. The third-order valence-electron chi connectivity index (χ3n) is 2.08. The molecule has 0 spiro atoms. The van der Waals surface area contributed by atoms with Crippen LogP contribution >= 0.6 is 0 Å². The zero-order chi connectivity index (χ0) is 10.8. The number of rotatable bonds is 4. The lowest BCUT2D eigenvalue weighted by Crippen LogP contribution is -2.27. The Kier molecular flexibility index (Phi) is 3.92. The Morgan fingerprint density at radius 1 is 1.50 bits per heavy atom. The van der Waals surface area contributed by atoms with Gasteiger partial charge in [-0.2, -0.15) is 8.42 Å². The van der Waals surface area contributed by atoms with Crippen molar-refractivity contribution in [2.75, 3.05) is 25.9 Å². The maximum absolute atomic E-state index is 10.9. The molecule has 0 aromatic heterocycles. The molecule has 1 fully saturated rings. The van der Waals surface area contributed by atoms with Crippen molar-refractivity contribution in [1.82, 2.24) is 4.90 Å². The fraction of sp³-hybridized carbons (Fsp3) is 0.889. The Hall–Kier alpha value is -0.130. The van der Waals surface area contributed by atoms with E-state index >= 15 is 0 Å². The highest BCUT2D eigenvalue weighted by Gasteiger charge is 2.26. The molecular formula is C9H18NO3S. The van der Waals surface area contributed by atoms with Crippen LogP contribution in [0.2, 0.25) is 0 Å². The minimum atomic E-state index is -3.29. The summed E-state index contributed by atoms with van der Waals surface area (Å²) in [7, 11) is -3.29. The average molecular weight is 220 g/mol. The van der Waals surface area contributed by atoms with E-state index < -0.39 is 10.1 Å². The van der Waals surface area contributed by atoms with Gasteiger partial charge in [0.25, 0.3) is 10.1 Å². The smallest absolute Gasteiger partial charge is 0.264 e. The number of likely N-dealkylation sites (tertiary alicyclic amines) is 1. The van der Waals surface area contributed by atoms with Crippen LogP contribution in [0, 0.1) is 5.92 Å². The topological polar surface area (TPSA) is 46.6 Å². The van der Waals surface area contributed by atoms with Crippen molar-refractivity contribution in [3.8, 4) is 0 Å². The van der Waals surface area contributed by atoms with Gasteiger partial charge in [-0.1, -0.05) is 13.8 Å². The van der Waals surface area contributed by atoms with E-state index in [-0.39, 0.29) is 6.10 Å². The average Bonchev–Trinajstić information content (AvgIpc) is 2.30. The molecule has 1 aliphatic rings. The number of hydrogen-bond donors (Lipinski definition) is 0. The molecule has 0 aromatic carbocycles. The van der Waals surface area contributed by atoms with Crippen LogP contribution in [0.25, 0.3) is 0 Å². The SMILES string of the molecule is C[C](C)CN1CCC(OS(C)(=O)=O)C1. The van der Waals surface area contributed by atoms with Gasteiger partial charge in [-0.3, -0.25) is 4.18 Å². The Balaban J connectivity index is 2.34. The lowest BCUT2D eigenvalue weighted by Gasteiger charge is -2.17. The number of hydrogen-bond acceptors (Lipinski definition) is 4. The maximum Gasteiger partial charge on any atom is 0.264 e. The van der Waals surface area contributed by atoms with E-state index in [0.717, 1.165) is 32.3 Å². The summed E-state index contributed by atoms with van der Waals surface area (Å²) in [4.78, 5) is 2.21. The molecule has 0 bridgehead atoms. The van der Waals surface area contributed by atoms with Gasteiger partial charge in [0.1, 0.15) is 0 Å². The molecule has 1 aliphatic heterocycles. The summed E-state index contributed by atoms with van der Waals surface area (Å²) in [6, 6.07) is 0. The molecule has 1 atom stereocenters. The van der Waals surface area contributed by atoms with Crippen molar-refractivity contribution in [2.24, 2.45) is 0 Å². The first-order valence-electron chi connectivity index (χ1n) is 4.76. The molecule has 0 saturated carbocycles. The first kappa shape index (κ1) is 11.9. The van der Waals surface area contributed by atoms with Crippen LogP contribution in [0.15, 0.2) is 0 Å². The molecule has 1 heterocycles. The van der Waals surface area contributed by atoms with E-state index in [0.29, 0.717) is 0 Å². The van der Waals surface area contributed by atoms with Gasteiger partial charge in [-0.25, -0.2) is 0 Å². The van der Waals surface area contributed by atoms with Crippen molar-refractivity contribution < 1.29 is 12.6 Å². The van der Waals surface area contributed by atoms with E-state index in [1.54, 1.807) is 0 Å². The van der Waals surface area contributed by atoms with Gasteiger partial charge in [0, 0.05) is 19.6 Å². The van der Waals surface area contributed by atoms with Gasteiger partial charge in [-0.05, 0) is 12.3 Å². The molecule has 0 N–H and O–H groups in total. The minimum absolute atomic E-state index is 0.149. The summed E-state index contributed by atoms with van der Waals surface area (Å²) >= 11 is 0. The van der Waals surface area contributed by atoms with E-state index in [9.17, 15) is 8.42 Å². The van der Waals surface area contributed by atoms with Crippen LogP contribution in [0.5, 0.6) is 0 Å². The van der Waals surface area contributed by atoms with Crippen molar-refractivity contribution in [1.29, 1.82) is 0 Å². The molecule has 5 heteroatoms. The zero-order valence-corrected chi connectivity index (χ0v) is 9.80. The molecule has 83 valence electrons. The molecule has 1 radical (unpaired) electrons. The lowest BCUT2D eigenvalue weighted by molar-refractivity contribution is 0.211. The fourth-order valence-electron chi connectivity index (χ4n) is 1.71. The first-order chi connectivity index (χ1) is 6.37. The van der Waals surface area contributed by atoms with Crippen molar-refractivity contribution in [3.05, 3.63) is 5.92 Å². The molecule has 0 aliphatic carbocycles. The van der Waals surface area contributed by atoms with Gasteiger partial charge in [0.2, 0.25) is 0 Å². The fourth-order valence-corrected chi connectivity index (χ4v) is 2.37. The summed E-state index contributed by atoms with van der Waals surface area (Å²) in [6.07, 6.45) is 1.76. The summed E-state index contributed by atoms with van der Waals surface area (Å²) in [5, 5.41) is 0. The van der Waals surface area contributed by atoms with Gasteiger partial charge in [0.05, 0.1) is 12.4 Å². The minimum Gasteiger partial charge on any atom is -0.300 e.